The molecular weight excluding hydrogens is 216 g/mol. The van der Waals surface area contributed by atoms with Gasteiger partial charge >= 0.3 is 0 Å². The van der Waals surface area contributed by atoms with E-state index in [4.69, 9.17) is 0 Å². The average Bonchev–Trinajstić information content (AvgIpc) is 2.81. The van der Waals surface area contributed by atoms with Crippen molar-refractivity contribution >= 4 is 5.82 Å². The molecule has 0 aliphatic carbocycles. The van der Waals surface area contributed by atoms with E-state index in [1.54, 1.807) is 23.5 Å². The van der Waals surface area contributed by atoms with Gasteiger partial charge in [-0.15, -0.1) is 0 Å². The van der Waals surface area contributed by atoms with Crippen molar-refractivity contribution < 1.29 is 0 Å². The summed E-state index contributed by atoms with van der Waals surface area (Å²) in [4.78, 5) is 12.5. The van der Waals surface area contributed by atoms with Crippen LogP contribution in [0.15, 0.2) is 24.8 Å². The van der Waals surface area contributed by atoms with E-state index in [-0.39, 0.29) is 0 Å². The molecule has 2 aromatic rings. The van der Waals surface area contributed by atoms with Gasteiger partial charge in [-0.25, -0.2) is 9.97 Å². The molecular formula is C11H14N6. The highest BCUT2D eigenvalue weighted by Gasteiger charge is 2.30. The summed E-state index contributed by atoms with van der Waals surface area (Å²) in [5, 5.41) is 8.29. The predicted molar refractivity (Wildman–Crippen MR) is 62.7 cm³/mol. The fourth-order valence-electron chi connectivity index (χ4n) is 1.96. The third-order valence-corrected chi connectivity index (χ3v) is 3.02. The van der Waals surface area contributed by atoms with Gasteiger partial charge < -0.3 is 4.90 Å². The summed E-state index contributed by atoms with van der Waals surface area (Å²) in [5.74, 6) is 1.00. The zero-order valence-electron chi connectivity index (χ0n) is 9.69. The van der Waals surface area contributed by atoms with E-state index >= 15 is 0 Å². The van der Waals surface area contributed by atoms with Crippen LogP contribution in [0.1, 0.15) is 18.7 Å². The Balaban J connectivity index is 1.68. The van der Waals surface area contributed by atoms with Crippen molar-refractivity contribution in [3.8, 4) is 0 Å². The molecule has 0 N–H and O–H groups in total. The summed E-state index contributed by atoms with van der Waals surface area (Å²) < 4.78 is 0. The second kappa shape index (κ2) is 4.12. The molecule has 1 aliphatic rings. The summed E-state index contributed by atoms with van der Waals surface area (Å²) in [6.07, 6.45) is 5.99. The zero-order valence-corrected chi connectivity index (χ0v) is 9.69. The summed E-state index contributed by atoms with van der Waals surface area (Å²) in [6.45, 7) is 3.92. The molecule has 0 aromatic carbocycles. The number of hydrogen-bond donors (Lipinski definition) is 0. The van der Waals surface area contributed by atoms with Crippen molar-refractivity contribution in [2.45, 2.75) is 19.4 Å². The smallest absolute Gasteiger partial charge is 0.132 e. The Morgan fingerprint density at radius 2 is 2.00 bits per heavy atom. The van der Waals surface area contributed by atoms with Gasteiger partial charge in [0.05, 0.1) is 12.4 Å². The van der Waals surface area contributed by atoms with Gasteiger partial charge in [0.15, 0.2) is 0 Å². The number of hydrogen-bond acceptors (Lipinski definition) is 5. The van der Waals surface area contributed by atoms with Crippen LogP contribution in [0.2, 0.25) is 0 Å². The minimum Gasteiger partial charge on any atom is -0.352 e. The molecule has 0 radical (unpaired) electrons. The van der Waals surface area contributed by atoms with Crippen molar-refractivity contribution in [3.05, 3.63) is 30.5 Å². The maximum atomic E-state index is 4.29. The predicted octanol–water partition coefficient (Wildman–Crippen LogP) is 0.692. The van der Waals surface area contributed by atoms with Gasteiger partial charge in [0, 0.05) is 24.8 Å². The molecule has 17 heavy (non-hydrogen) atoms. The molecule has 1 saturated heterocycles. The Labute approximate surface area is 99.3 Å². The van der Waals surface area contributed by atoms with Crippen LogP contribution in [0, 0.1) is 0 Å². The van der Waals surface area contributed by atoms with E-state index in [0.29, 0.717) is 6.04 Å². The molecule has 0 unspecified atom stereocenters. The normalized spacial score (nSPS) is 15.9. The maximum Gasteiger partial charge on any atom is 0.132 e. The zero-order chi connectivity index (χ0) is 11.7. The molecule has 6 heteroatoms. The summed E-state index contributed by atoms with van der Waals surface area (Å²) >= 11 is 0. The minimum atomic E-state index is 0.366. The van der Waals surface area contributed by atoms with Crippen LogP contribution in [0.3, 0.4) is 0 Å². The van der Waals surface area contributed by atoms with Gasteiger partial charge in [-0.1, -0.05) is 6.92 Å². The highest BCUT2D eigenvalue weighted by atomic mass is 15.5. The first-order valence-corrected chi connectivity index (χ1v) is 5.78. The molecule has 3 heterocycles. The quantitative estimate of drug-likeness (QED) is 0.776. The molecule has 0 spiro atoms. The molecule has 1 aliphatic heterocycles. The second-order valence-corrected chi connectivity index (χ2v) is 4.13. The molecule has 88 valence electrons. The van der Waals surface area contributed by atoms with Crippen molar-refractivity contribution in [1.29, 1.82) is 0 Å². The number of nitrogens with zero attached hydrogens (tertiary/aromatic N) is 6. The van der Waals surface area contributed by atoms with Crippen LogP contribution in [0.5, 0.6) is 0 Å². The highest BCUT2D eigenvalue weighted by molar-refractivity contribution is 5.42. The van der Waals surface area contributed by atoms with E-state index < -0.39 is 0 Å². The number of anilines is 1. The Morgan fingerprint density at radius 1 is 1.24 bits per heavy atom. The fraction of sp³-hybridized carbons (Fsp3) is 0.455. The Hall–Kier alpha value is -1.98. The third-order valence-electron chi connectivity index (χ3n) is 3.02. The number of aromatic nitrogens is 5. The molecule has 2 aromatic heterocycles. The van der Waals surface area contributed by atoms with Crippen LogP contribution in [-0.2, 0) is 6.42 Å². The van der Waals surface area contributed by atoms with E-state index in [1.807, 2.05) is 6.07 Å². The lowest BCUT2D eigenvalue weighted by molar-refractivity contribution is 0.330. The van der Waals surface area contributed by atoms with Crippen molar-refractivity contribution in [2.24, 2.45) is 0 Å². The summed E-state index contributed by atoms with van der Waals surface area (Å²) in [6, 6.07) is 2.41. The molecule has 3 rings (SSSR count). The topological polar surface area (TPSA) is 59.7 Å². The standard InChI is InChI=1S/C11H14N6/c1-2-9-5-11(13-8-12-9)16-6-10(7-16)17-14-3-4-15-17/h3-5,8,10H,2,6-7H2,1H3. The lowest BCUT2D eigenvalue weighted by Gasteiger charge is -2.39. The van der Waals surface area contributed by atoms with Gasteiger partial charge in [0.2, 0.25) is 0 Å². The second-order valence-electron chi connectivity index (χ2n) is 4.13. The largest absolute Gasteiger partial charge is 0.352 e. The van der Waals surface area contributed by atoms with Crippen molar-refractivity contribution in [3.63, 3.8) is 0 Å². The molecule has 6 nitrogen and oxygen atoms in total. The lowest BCUT2D eigenvalue weighted by atomic mass is 10.1. The lowest BCUT2D eigenvalue weighted by Crippen LogP contribution is -2.49. The van der Waals surface area contributed by atoms with Gasteiger partial charge in [-0.2, -0.15) is 15.0 Å². The van der Waals surface area contributed by atoms with Crippen LogP contribution in [0.25, 0.3) is 0 Å². The molecule has 0 atom stereocenters. The monoisotopic (exact) mass is 230 g/mol. The van der Waals surface area contributed by atoms with Crippen LogP contribution < -0.4 is 4.90 Å². The molecule has 0 bridgehead atoms. The van der Waals surface area contributed by atoms with Crippen LogP contribution in [-0.4, -0.2) is 38.1 Å². The third kappa shape index (κ3) is 1.86. The minimum absolute atomic E-state index is 0.366. The maximum absolute atomic E-state index is 4.29. The van der Waals surface area contributed by atoms with Crippen LogP contribution >= 0.6 is 0 Å². The van der Waals surface area contributed by atoms with E-state index in [0.717, 1.165) is 31.0 Å². The average molecular weight is 230 g/mol. The summed E-state index contributed by atoms with van der Waals surface area (Å²) in [5.41, 5.74) is 1.08. The van der Waals surface area contributed by atoms with Crippen molar-refractivity contribution in [1.82, 2.24) is 25.0 Å². The number of rotatable bonds is 3. The first-order valence-electron chi connectivity index (χ1n) is 5.78. The fourth-order valence-corrected chi connectivity index (χ4v) is 1.96. The molecule has 0 saturated carbocycles. The van der Waals surface area contributed by atoms with Gasteiger partial charge in [0.25, 0.3) is 0 Å². The van der Waals surface area contributed by atoms with E-state index in [1.165, 1.54) is 0 Å². The Morgan fingerprint density at radius 3 is 2.71 bits per heavy atom. The van der Waals surface area contributed by atoms with Gasteiger partial charge in [-0.3, -0.25) is 0 Å². The van der Waals surface area contributed by atoms with Crippen LogP contribution in [0.4, 0.5) is 5.82 Å². The Kier molecular flexibility index (Phi) is 2.47. The highest BCUT2D eigenvalue weighted by Crippen LogP contribution is 2.24. The van der Waals surface area contributed by atoms with Gasteiger partial charge in [0.1, 0.15) is 18.2 Å². The first kappa shape index (κ1) is 10.2. The Bertz CT molecular complexity index is 488. The van der Waals surface area contributed by atoms with E-state index in [2.05, 4.69) is 32.0 Å². The SMILES string of the molecule is CCc1cc(N2CC(n3nccn3)C2)ncn1. The van der Waals surface area contributed by atoms with Gasteiger partial charge in [-0.05, 0) is 6.42 Å². The molecule has 1 fully saturated rings. The molecule has 0 amide bonds. The van der Waals surface area contributed by atoms with E-state index in [9.17, 15) is 0 Å². The number of aryl methyl sites for hydroxylation is 1. The van der Waals surface area contributed by atoms with Crippen molar-refractivity contribution in [2.75, 3.05) is 18.0 Å². The first-order chi connectivity index (χ1) is 8.36. The summed E-state index contributed by atoms with van der Waals surface area (Å²) in [7, 11) is 0.